The Hall–Kier alpha value is -0.970. The number of carbonyl (C=O) groups is 1. The largest absolute Gasteiger partial charge is 0.356 e. The zero-order chi connectivity index (χ0) is 12.4. The molecule has 2 aromatic rings. The third kappa shape index (κ3) is 3.03. The van der Waals surface area contributed by atoms with Crippen LogP contribution in [0.2, 0.25) is 9.36 Å². The van der Waals surface area contributed by atoms with Crippen molar-refractivity contribution in [2.24, 2.45) is 0 Å². The quantitative estimate of drug-likeness (QED) is 0.885. The number of hydrogen-bond donors (Lipinski definition) is 2. The number of hydrogen-bond acceptors (Lipinski definition) is 2. The van der Waals surface area contributed by atoms with E-state index in [9.17, 15) is 4.79 Å². The molecule has 0 aliphatic carbocycles. The molecule has 1 amide bonds. The maximum atomic E-state index is 11.8. The van der Waals surface area contributed by atoms with Gasteiger partial charge >= 0.3 is 0 Å². The molecule has 0 aliphatic rings. The standard InChI is InChI=1S/C11H10Cl2N2OS/c1-6(9-2-3-10(13)17-9)15-11(16)8-4-7(12)5-14-8/h2-6,14H,1H3,(H,15,16). The number of thiophene rings is 1. The maximum Gasteiger partial charge on any atom is 0.268 e. The molecular formula is C11H10Cl2N2OS. The van der Waals surface area contributed by atoms with Crippen molar-refractivity contribution in [3.8, 4) is 0 Å². The zero-order valence-electron chi connectivity index (χ0n) is 8.96. The van der Waals surface area contributed by atoms with Crippen molar-refractivity contribution in [3.05, 3.63) is 44.3 Å². The molecule has 0 fully saturated rings. The number of nitrogens with one attached hydrogen (secondary N) is 2. The molecule has 3 nitrogen and oxygen atoms in total. The lowest BCUT2D eigenvalue weighted by Gasteiger charge is -2.10. The van der Waals surface area contributed by atoms with Gasteiger partial charge in [-0.1, -0.05) is 23.2 Å². The van der Waals surface area contributed by atoms with Gasteiger partial charge in [0.25, 0.3) is 5.91 Å². The molecule has 1 unspecified atom stereocenters. The summed E-state index contributed by atoms with van der Waals surface area (Å²) in [5.41, 5.74) is 0.449. The van der Waals surface area contributed by atoms with Crippen LogP contribution in [-0.4, -0.2) is 10.9 Å². The van der Waals surface area contributed by atoms with Gasteiger partial charge in [0.1, 0.15) is 5.69 Å². The van der Waals surface area contributed by atoms with Crippen molar-refractivity contribution in [1.82, 2.24) is 10.3 Å². The van der Waals surface area contributed by atoms with E-state index < -0.39 is 0 Å². The van der Waals surface area contributed by atoms with Gasteiger partial charge in [-0.3, -0.25) is 4.79 Å². The maximum absolute atomic E-state index is 11.8. The molecule has 2 N–H and O–H groups in total. The van der Waals surface area contributed by atoms with Crippen LogP contribution in [-0.2, 0) is 0 Å². The molecule has 2 aromatic heterocycles. The fourth-order valence-corrected chi connectivity index (χ4v) is 2.63. The highest BCUT2D eigenvalue weighted by Crippen LogP contribution is 2.26. The van der Waals surface area contributed by atoms with E-state index in [4.69, 9.17) is 23.2 Å². The van der Waals surface area contributed by atoms with Crippen LogP contribution >= 0.6 is 34.5 Å². The molecule has 0 saturated carbocycles. The Balaban J connectivity index is 2.04. The highest BCUT2D eigenvalue weighted by atomic mass is 35.5. The second kappa shape index (κ2) is 5.12. The van der Waals surface area contributed by atoms with E-state index in [0.717, 1.165) is 4.88 Å². The van der Waals surface area contributed by atoms with Gasteiger partial charge in [0.05, 0.1) is 15.4 Å². The van der Waals surface area contributed by atoms with Crippen molar-refractivity contribution in [1.29, 1.82) is 0 Å². The number of aromatic amines is 1. The average Bonchev–Trinajstić information content (AvgIpc) is 2.87. The molecule has 0 aromatic carbocycles. The van der Waals surface area contributed by atoms with Crippen molar-refractivity contribution >= 4 is 40.4 Å². The Morgan fingerprint density at radius 3 is 2.76 bits per heavy atom. The first-order valence-corrected chi connectivity index (χ1v) is 6.53. The summed E-state index contributed by atoms with van der Waals surface area (Å²) in [6.07, 6.45) is 1.57. The molecule has 6 heteroatoms. The van der Waals surface area contributed by atoms with Gasteiger partial charge in [0.15, 0.2) is 0 Å². The number of carbonyl (C=O) groups excluding carboxylic acids is 1. The van der Waals surface area contributed by atoms with Crippen molar-refractivity contribution in [2.75, 3.05) is 0 Å². The summed E-state index contributed by atoms with van der Waals surface area (Å²) in [7, 11) is 0. The van der Waals surface area contributed by atoms with E-state index in [1.807, 2.05) is 19.1 Å². The number of aromatic nitrogens is 1. The lowest BCUT2D eigenvalue weighted by atomic mass is 10.2. The molecule has 0 bridgehead atoms. The number of amides is 1. The summed E-state index contributed by atoms with van der Waals surface area (Å²) in [6, 6.07) is 5.22. The Kier molecular flexibility index (Phi) is 3.76. The van der Waals surface area contributed by atoms with E-state index in [-0.39, 0.29) is 11.9 Å². The van der Waals surface area contributed by atoms with Crippen LogP contribution in [0.4, 0.5) is 0 Å². The molecule has 2 rings (SSSR count). The van der Waals surface area contributed by atoms with E-state index >= 15 is 0 Å². The molecule has 2 heterocycles. The van der Waals surface area contributed by atoms with Gasteiger partial charge in [0.2, 0.25) is 0 Å². The van der Waals surface area contributed by atoms with Crippen LogP contribution in [0.1, 0.15) is 28.3 Å². The third-order valence-electron chi connectivity index (χ3n) is 2.26. The molecule has 0 spiro atoms. The molecule has 0 radical (unpaired) electrons. The predicted molar refractivity (Wildman–Crippen MR) is 71.0 cm³/mol. The third-order valence-corrected chi connectivity index (χ3v) is 3.89. The lowest BCUT2D eigenvalue weighted by Crippen LogP contribution is -2.26. The number of H-pyrrole nitrogens is 1. The molecule has 0 saturated heterocycles. The highest BCUT2D eigenvalue weighted by molar-refractivity contribution is 7.16. The van der Waals surface area contributed by atoms with Crippen LogP contribution in [0.25, 0.3) is 0 Å². The first kappa shape index (κ1) is 12.5. The van der Waals surface area contributed by atoms with Crippen LogP contribution in [0.5, 0.6) is 0 Å². The summed E-state index contributed by atoms with van der Waals surface area (Å²) in [5.74, 6) is -0.186. The minimum Gasteiger partial charge on any atom is -0.356 e. The lowest BCUT2D eigenvalue weighted by molar-refractivity contribution is 0.0936. The molecule has 90 valence electrons. The average molecular weight is 289 g/mol. The van der Waals surface area contributed by atoms with E-state index in [1.54, 1.807) is 12.3 Å². The van der Waals surface area contributed by atoms with E-state index in [1.165, 1.54) is 11.3 Å². The van der Waals surface area contributed by atoms with Crippen LogP contribution < -0.4 is 5.32 Å². The molecule has 1 atom stereocenters. The van der Waals surface area contributed by atoms with Crippen LogP contribution in [0.3, 0.4) is 0 Å². The summed E-state index contributed by atoms with van der Waals surface area (Å²) < 4.78 is 0.712. The summed E-state index contributed by atoms with van der Waals surface area (Å²) in [5, 5.41) is 3.38. The SMILES string of the molecule is CC(NC(=O)c1cc(Cl)c[nH]1)c1ccc(Cl)s1. The normalized spacial score (nSPS) is 12.4. The summed E-state index contributed by atoms with van der Waals surface area (Å²) in [4.78, 5) is 15.6. The zero-order valence-corrected chi connectivity index (χ0v) is 11.3. The van der Waals surface area contributed by atoms with Gasteiger partial charge in [-0.05, 0) is 25.1 Å². The fourth-order valence-electron chi connectivity index (χ4n) is 1.41. The number of halogens is 2. The molecular weight excluding hydrogens is 279 g/mol. The van der Waals surface area contributed by atoms with Gasteiger partial charge < -0.3 is 10.3 Å². The first-order valence-electron chi connectivity index (χ1n) is 4.96. The monoisotopic (exact) mass is 288 g/mol. The van der Waals surface area contributed by atoms with Crippen LogP contribution in [0.15, 0.2) is 24.4 Å². The van der Waals surface area contributed by atoms with Crippen LogP contribution in [0, 0.1) is 0 Å². The minimum atomic E-state index is -0.186. The van der Waals surface area contributed by atoms with Crippen molar-refractivity contribution in [2.45, 2.75) is 13.0 Å². The van der Waals surface area contributed by atoms with E-state index in [2.05, 4.69) is 10.3 Å². The Morgan fingerprint density at radius 2 is 2.24 bits per heavy atom. The highest BCUT2D eigenvalue weighted by Gasteiger charge is 2.14. The second-order valence-corrected chi connectivity index (χ2v) is 5.75. The topological polar surface area (TPSA) is 44.9 Å². The van der Waals surface area contributed by atoms with Gasteiger partial charge in [-0.2, -0.15) is 0 Å². The summed E-state index contributed by atoms with van der Waals surface area (Å²) >= 11 is 13.0. The Bertz CT molecular complexity index is 535. The Morgan fingerprint density at radius 1 is 1.47 bits per heavy atom. The van der Waals surface area contributed by atoms with Crippen molar-refractivity contribution in [3.63, 3.8) is 0 Å². The minimum absolute atomic E-state index is 0.0814. The van der Waals surface area contributed by atoms with E-state index in [0.29, 0.717) is 15.1 Å². The van der Waals surface area contributed by atoms with Gasteiger partial charge in [-0.25, -0.2) is 0 Å². The predicted octanol–water partition coefficient (Wildman–Crippen LogP) is 3.87. The molecule has 0 aliphatic heterocycles. The number of rotatable bonds is 3. The van der Waals surface area contributed by atoms with Gasteiger partial charge in [0, 0.05) is 11.1 Å². The van der Waals surface area contributed by atoms with Gasteiger partial charge in [-0.15, -0.1) is 11.3 Å². The second-order valence-electron chi connectivity index (χ2n) is 3.57. The van der Waals surface area contributed by atoms with Crippen molar-refractivity contribution < 1.29 is 4.79 Å². The fraction of sp³-hybridized carbons (Fsp3) is 0.182. The smallest absolute Gasteiger partial charge is 0.268 e. The first-order chi connectivity index (χ1) is 8.06. The summed E-state index contributed by atoms with van der Waals surface area (Å²) in [6.45, 7) is 1.91. The Labute approximate surface area is 113 Å². The molecule has 17 heavy (non-hydrogen) atoms.